The minimum absolute atomic E-state index is 0.113. The Morgan fingerprint density at radius 3 is 2.61 bits per heavy atom. The molecule has 0 spiro atoms. The molecule has 1 aromatic carbocycles. The molecule has 0 amide bonds. The average Bonchev–Trinajstić information content (AvgIpc) is 3.01. The van der Waals surface area contributed by atoms with Crippen molar-refractivity contribution < 1.29 is 9.47 Å². The highest BCUT2D eigenvalue weighted by atomic mass is 16.5. The number of nitrogens with two attached hydrogens (primary N) is 2. The van der Waals surface area contributed by atoms with Gasteiger partial charge in [0.2, 0.25) is 0 Å². The van der Waals surface area contributed by atoms with E-state index in [1.807, 2.05) is 12.1 Å². The lowest BCUT2D eigenvalue weighted by molar-refractivity contribution is 0.0249. The van der Waals surface area contributed by atoms with Crippen LogP contribution < -0.4 is 16.2 Å². The molecule has 6 nitrogen and oxygen atoms in total. The zero-order valence-corrected chi connectivity index (χ0v) is 13.6. The molecule has 2 aromatic rings. The molecule has 0 bridgehead atoms. The van der Waals surface area contributed by atoms with Gasteiger partial charge in [0.15, 0.2) is 5.95 Å². The molecule has 126 valence electrons. The van der Waals surface area contributed by atoms with Gasteiger partial charge < -0.3 is 25.9 Å². The third-order valence-corrected chi connectivity index (χ3v) is 3.62. The second-order valence-corrected chi connectivity index (χ2v) is 5.35. The topological polar surface area (TPSA) is 99.2 Å². The summed E-state index contributed by atoms with van der Waals surface area (Å²) in [5.41, 5.74) is 13.3. The van der Waals surface area contributed by atoms with Gasteiger partial charge in [-0.05, 0) is 43.5 Å². The minimum atomic E-state index is -0.113. The van der Waals surface area contributed by atoms with E-state index in [0.717, 1.165) is 30.7 Å². The van der Waals surface area contributed by atoms with E-state index in [1.165, 1.54) is 5.56 Å². The maximum Gasteiger partial charge on any atom is 0.197 e. The molecule has 0 fully saturated rings. The van der Waals surface area contributed by atoms with Crippen molar-refractivity contribution in [3.63, 3.8) is 0 Å². The summed E-state index contributed by atoms with van der Waals surface area (Å²) in [6.45, 7) is 3.73. The first-order valence-corrected chi connectivity index (χ1v) is 8.07. The lowest BCUT2D eigenvalue weighted by atomic mass is 10.1. The van der Waals surface area contributed by atoms with Crippen molar-refractivity contribution in [2.24, 2.45) is 5.73 Å². The zero-order valence-electron chi connectivity index (χ0n) is 13.6. The predicted molar refractivity (Wildman–Crippen MR) is 91.3 cm³/mol. The summed E-state index contributed by atoms with van der Waals surface area (Å²) in [5, 5.41) is 0. The van der Waals surface area contributed by atoms with Gasteiger partial charge in [-0.3, -0.25) is 0 Å². The fourth-order valence-corrected chi connectivity index (χ4v) is 2.31. The Labute approximate surface area is 137 Å². The molecular weight excluding hydrogens is 292 g/mol. The number of benzene rings is 1. The second kappa shape index (κ2) is 9.17. The molecule has 5 N–H and O–H groups in total. The first kappa shape index (κ1) is 17.3. The maximum atomic E-state index is 5.89. The molecule has 0 saturated carbocycles. The summed E-state index contributed by atoms with van der Waals surface area (Å²) >= 11 is 0. The minimum Gasteiger partial charge on any atom is -0.491 e. The SMILES string of the molecule is CCc1ccc(OCCOC(CCCN)c2c[nH]c(N)n2)cc1. The van der Waals surface area contributed by atoms with Gasteiger partial charge in [0.25, 0.3) is 0 Å². The van der Waals surface area contributed by atoms with Crippen molar-refractivity contribution in [1.29, 1.82) is 0 Å². The Bertz CT molecular complexity index is 568. The summed E-state index contributed by atoms with van der Waals surface area (Å²) < 4.78 is 11.6. The molecule has 6 heteroatoms. The van der Waals surface area contributed by atoms with E-state index in [1.54, 1.807) is 6.20 Å². The van der Waals surface area contributed by atoms with E-state index in [4.69, 9.17) is 20.9 Å². The molecule has 1 heterocycles. The molecule has 0 aliphatic rings. The third-order valence-electron chi connectivity index (χ3n) is 3.62. The number of imidazole rings is 1. The third kappa shape index (κ3) is 5.58. The Kier molecular flexibility index (Phi) is 6.90. The average molecular weight is 318 g/mol. The van der Waals surface area contributed by atoms with Crippen molar-refractivity contribution in [3.05, 3.63) is 41.7 Å². The second-order valence-electron chi connectivity index (χ2n) is 5.35. The fraction of sp³-hybridized carbons (Fsp3) is 0.471. The van der Waals surface area contributed by atoms with E-state index in [9.17, 15) is 0 Å². The summed E-state index contributed by atoms with van der Waals surface area (Å²) in [7, 11) is 0. The van der Waals surface area contributed by atoms with Gasteiger partial charge in [-0.1, -0.05) is 19.1 Å². The largest absolute Gasteiger partial charge is 0.491 e. The lowest BCUT2D eigenvalue weighted by Crippen LogP contribution is -2.13. The molecule has 1 unspecified atom stereocenters. The van der Waals surface area contributed by atoms with E-state index in [0.29, 0.717) is 25.7 Å². The number of hydrogen-bond donors (Lipinski definition) is 3. The van der Waals surface area contributed by atoms with Gasteiger partial charge in [-0.2, -0.15) is 0 Å². The molecule has 0 radical (unpaired) electrons. The Morgan fingerprint density at radius 1 is 1.22 bits per heavy atom. The van der Waals surface area contributed by atoms with Gasteiger partial charge in [-0.15, -0.1) is 0 Å². The number of nitrogens with zero attached hydrogens (tertiary/aromatic N) is 1. The monoisotopic (exact) mass is 318 g/mol. The van der Waals surface area contributed by atoms with Crippen LogP contribution in [0.25, 0.3) is 0 Å². The standard InChI is InChI=1S/C17H26N4O2/c1-2-13-5-7-14(8-6-13)22-10-11-23-16(4-3-9-18)15-12-20-17(19)21-15/h5-8,12,16H,2-4,9-11,18H2,1H3,(H3,19,20,21). The number of aryl methyl sites for hydroxylation is 1. The maximum absolute atomic E-state index is 5.89. The van der Waals surface area contributed by atoms with Crippen LogP contribution in [0.3, 0.4) is 0 Å². The molecule has 0 aliphatic heterocycles. The van der Waals surface area contributed by atoms with E-state index in [2.05, 4.69) is 29.0 Å². The van der Waals surface area contributed by atoms with Crippen LogP contribution in [0.15, 0.2) is 30.5 Å². The van der Waals surface area contributed by atoms with Crippen LogP contribution >= 0.6 is 0 Å². The summed E-state index contributed by atoms with van der Waals surface area (Å²) in [6, 6.07) is 8.12. The number of ether oxygens (including phenoxy) is 2. The molecule has 1 atom stereocenters. The van der Waals surface area contributed by atoms with Crippen LogP contribution in [-0.4, -0.2) is 29.7 Å². The number of nitrogen functional groups attached to an aromatic ring is 1. The Balaban J connectivity index is 1.78. The highest BCUT2D eigenvalue weighted by Gasteiger charge is 2.14. The van der Waals surface area contributed by atoms with Crippen molar-refractivity contribution in [2.45, 2.75) is 32.3 Å². The van der Waals surface area contributed by atoms with Gasteiger partial charge in [-0.25, -0.2) is 4.98 Å². The van der Waals surface area contributed by atoms with Crippen LogP contribution in [0.4, 0.5) is 5.95 Å². The Hall–Kier alpha value is -2.05. The highest BCUT2D eigenvalue weighted by Crippen LogP contribution is 2.21. The fourth-order valence-electron chi connectivity index (χ4n) is 2.31. The number of anilines is 1. The summed E-state index contributed by atoms with van der Waals surface area (Å²) in [4.78, 5) is 7.11. The number of aromatic nitrogens is 2. The van der Waals surface area contributed by atoms with Gasteiger partial charge >= 0.3 is 0 Å². The van der Waals surface area contributed by atoms with Gasteiger partial charge in [0.05, 0.1) is 12.3 Å². The van der Waals surface area contributed by atoms with Gasteiger partial charge in [0, 0.05) is 6.20 Å². The Morgan fingerprint density at radius 2 is 2.00 bits per heavy atom. The smallest absolute Gasteiger partial charge is 0.197 e. The summed E-state index contributed by atoms with van der Waals surface area (Å²) in [6.07, 6.45) is 4.38. The lowest BCUT2D eigenvalue weighted by Gasteiger charge is -2.16. The first-order valence-electron chi connectivity index (χ1n) is 8.07. The number of aromatic amines is 1. The molecule has 0 saturated heterocycles. The highest BCUT2D eigenvalue weighted by molar-refractivity contribution is 5.27. The van der Waals surface area contributed by atoms with Crippen LogP contribution in [0, 0.1) is 0 Å². The van der Waals surface area contributed by atoms with Crippen LogP contribution in [-0.2, 0) is 11.2 Å². The van der Waals surface area contributed by atoms with E-state index in [-0.39, 0.29) is 6.10 Å². The van der Waals surface area contributed by atoms with E-state index < -0.39 is 0 Å². The van der Waals surface area contributed by atoms with Crippen molar-refractivity contribution in [3.8, 4) is 5.75 Å². The summed E-state index contributed by atoms with van der Waals surface area (Å²) in [5.74, 6) is 1.25. The molecule has 23 heavy (non-hydrogen) atoms. The van der Waals surface area contributed by atoms with Crippen LogP contribution in [0.1, 0.15) is 37.1 Å². The zero-order chi connectivity index (χ0) is 16.5. The molecule has 2 rings (SSSR count). The van der Waals surface area contributed by atoms with Crippen molar-refractivity contribution in [2.75, 3.05) is 25.5 Å². The first-order chi connectivity index (χ1) is 11.2. The van der Waals surface area contributed by atoms with Crippen LogP contribution in [0.2, 0.25) is 0 Å². The molecule has 0 aliphatic carbocycles. The molecular formula is C17H26N4O2. The number of nitrogens with one attached hydrogen (secondary N) is 1. The van der Waals surface area contributed by atoms with Crippen molar-refractivity contribution >= 4 is 5.95 Å². The quantitative estimate of drug-likeness (QED) is 0.584. The van der Waals surface area contributed by atoms with Gasteiger partial charge in [0.1, 0.15) is 18.5 Å². The van der Waals surface area contributed by atoms with Crippen molar-refractivity contribution in [1.82, 2.24) is 9.97 Å². The molecule has 1 aromatic heterocycles. The number of rotatable bonds is 10. The van der Waals surface area contributed by atoms with Crippen LogP contribution in [0.5, 0.6) is 5.75 Å². The predicted octanol–water partition coefficient (Wildman–Crippen LogP) is 2.43. The number of H-pyrrole nitrogens is 1. The number of hydrogen-bond acceptors (Lipinski definition) is 5. The normalized spacial score (nSPS) is 12.3. The van der Waals surface area contributed by atoms with E-state index >= 15 is 0 Å².